The second-order valence-corrected chi connectivity index (χ2v) is 15.9. The number of nitrogens with one attached hydrogen (secondary N) is 1. The summed E-state index contributed by atoms with van der Waals surface area (Å²) in [6.07, 6.45) is 0. The van der Waals surface area contributed by atoms with Crippen LogP contribution in [0.1, 0.15) is 105 Å². The van der Waals surface area contributed by atoms with Crippen LogP contribution in [-0.2, 0) is 21.7 Å². The van der Waals surface area contributed by atoms with E-state index in [2.05, 4.69) is 173 Å². The van der Waals surface area contributed by atoms with Crippen molar-refractivity contribution in [3.63, 3.8) is 0 Å². The molecule has 41 heavy (non-hydrogen) atoms. The lowest BCUT2D eigenvalue weighted by Crippen LogP contribution is -2.16. The summed E-state index contributed by atoms with van der Waals surface area (Å²) in [4.78, 5) is 0. The van der Waals surface area contributed by atoms with Gasteiger partial charge in [0, 0.05) is 11.4 Å². The van der Waals surface area contributed by atoms with E-state index in [1.807, 2.05) is 0 Å². The van der Waals surface area contributed by atoms with Gasteiger partial charge in [-0.2, -0.15) is 0 Å². The molecule has 0 spiro atoms. The second-order valence-electron chi connectivity index (χ2n) is 15.9. The first-order valence-corrected chi connectivity index (χ1v) is 15.1. The minimum atomic E-state index is 0.0909. The predicted octanol–water partition coefficient (Wildman–Crippen LogP) is 12.0. The van der Waals surface area contributed by atoms with Gasteiger partial charge in [-0.25, -0.2) is 0 Å². The fourth-order valence-electron chi connectivity index (χ4n) is 5.01. The zero-order chi connectivity index (χ0) is 30.4. The topological polar surface area (TPSA) is 12.0 Å². The molecule has 0 aliphatic rings. The van der Waals surface area contributed by atoms with Crippen molar-refractivity contribution < 1.29 is 0 Å². The van der Waals surface area contributed by atoms with Gasteiger partial charge in [-0.05, 0) is 90.4 Å². The predicted molar refractivity (Wildman–Crippen MR) is 182 cm³/mol. The van der Waals surface area contributed by atoms with E-state index in [0.717, 1.165) is 11.4 Å². The van der Waals surface area contributed by atoms with Gasteiger partial charge in [0.15, 0.2) is 0 Å². The van der Waals surface area contributed by atoms with E-state index in [4.69, 9.17) is 0 Å². The lowest BCUT2D eigenvalue weighted by Gasteiger charge is -2.26. The van der Waals surface area contributed by atoms with E-state index in [1.54, 1.807) is 0 Å². The summed E-state index contributed by atoms with van der Waals surface area (Å²) in [6.45, 7) is 27.5. The Labute approximate surface area is 250 Å². The number of hydrogen-bond acceptors (Lipinski definition) is 1. The molecule has 216 valence electrons. The van der Waals surface area contributed by atoms with Crippen LogP contribution >= 0.6 is 0 Å². The van der Waals surface area contributed by atoms with Gasteiger partial charge in [0.2, 0.25) is 0 Å². The van der Waals surface area contributed by atoms with Crippen molar-refractivity contribution in [1.82, 2.24) is 0 Å². The Bertz CT molecular complexity index is 1440. The Morgan fingerprint density at radius 3 is 1.12 bits per heavy atom. The Kier molecular flexibility index (Phi) is 8.09. The van der Waals surface area contributed by atoms with Crippen LogP contribution in [-0.4, -0.2) is 0 Å². The Morgan fingerprint density at radius 2 is 0.732 bits per heavy atom. The van der Waals surface area contributed by atoms with Crippen LogP contribution in [0.4, 0.5) is 11.4 Å². The highest BCUT2D eigenvalue weighted by atomic mass is 14.9. The molecule has 0 aliphatic carbocycles. The molecule has 0 amide bonds. The quantitative estimate of drug-likeness (QED) is 0.269. The summed E-state index contributed by atoms with van der Waals surface area (Å²) < 4.78 is 0. The fraction of sp³-hybridized carbons (Fsp3) is 0.400. The molecule has 4 aromatic rings. The van der Waals surface area contributed by atoms with Crippen LogP contribution in [0.3, 0.4) is 0 Å². The maximum Gasteiger partial charge on any atom is 0.0390 e. The van der Waals surface area contributed by atoms with E-state index < -0.39 is 0 Å². The van der Waals surface area contributed by atoms with Crippen molar-refractivity contribution in [3.05, 3.63) is 107 Å². The number of anilines is 2. The first kappa shape index (κ1) is 30.6. The molecule has 0 aliphatic heterocycles. The molecule has 4 aromatic carbocycles. The van der Waals surface area contributed by atoms with Gasteiger partial charge < -0.3 is 5.32 Å². The highest BCUT2D eigenvalue weighted by Crippen LogP contribution is 2.36. The molecule has 0 bridgehead atoms. The standard InChI is InChI=1S/C40H51N/c1-37(2,3)31-20-29(21-32(25-31)38(4,5)6)27-16-18-35(19-17-27)41-36-15-13-14-28(24-36)30-22-33(39(7,8)9)26-34(23-30)40(10,11)12/h13-26,41H,1-12H3. The van der Waals surface area contributed by atoms with Gasteiger partial charge >= 0.3 is 0 Å². The molecule has 0 unspecified atom stereocenters. The van der Waals surface area contributed by atoms with Crippen LogP contribution in [0.2, 0.25) is 0 Å². The maximum absolute atomic E-state index is 3.65. The summed E-state index contributed by atoms with van der Waals surface area (Å²) >= 11 is 0. The minimum absolute atomic E-state index is 0.0909. The molecule has 1 N–H and O–H groups in total. The van der Waals surface area contributed by atoms with Crippen molar-refractivity contribution >= 4 is 11.4 Å². The molecular formula is C40H51N. The molecule has 0 saturated heterocycles. The van der Waals surface area contributed by atoms with Crippen LogP contribution in [0.25, 0.3) is 22.3 Å². The number of hydrogen-bond donors (Lipinski definition) is 1. The van der Waals surface area contributed by atoms with Gasteiger partial charge in [-0.1, -0.05) is 144 Å². The van der Waals surface area contributed by atoms with Crippen LogP contribution < -0.4 is 5.32 Å². The smallest absolute Gasteiger partial charge is 0.0390 e. The largest absolute Gasteiger partial charge is 0.356 e. The van der Waals surface area contributed by atoms with Crippen LogP contribution in [0.5, 0.6) is 0 Å². The third-order valence-electron chi connectivity index (χ3n) is 8.03. The Morgan fingerprint density at radius 1 is 0.341 bits per heavy atom. The Hall–Kier alpha value is -3.32. The van der Waals surface area contributed by atoms with Crippen molar-refractivity contribution in [2.24, 2.45) is 0 Å². The fourth-order valence-corrected chi connectivity index (χ4v) is 5.01. The highest BCUT2D eigenvalue weighted by molar-refractivity contribution is 5.74. The molecule has 0 radical (unpaired) electrons. The van der Waals surface area contributed by atoms with Gasteiger partial charge in [-0.15, -0.1) is 0 Å². The maximum atomic E-state index is 3.65. The zero-order valence-electron chi connectivity index (χ0n) is 27.6. The Balaban J connectivity index is 1.64. The van der Waals surface area contributed by atoms with Crippen LogP contribution in [0.15, 0.2) is 84.9 Å². The van der Waals surface area contributed by atoms with E-state index in [0.29, 0.717) is 0 Å². The molecule has 0 heterocycles. The first-order chi connectivity index (χ1) is 18.8. The van der Waals surface area contributed by atoms with Gasteiger partial charge in [0.1, 0.15) is 0 Å². The van der Waals surface area contributed by atoms with E-state index in [1.165, 1.54) is 44.5 Å². The molecule has 0 atom stereocenters. The van der Waals surface area contributed by atoms with Gasteiger partial charge in [0.05, 0.1) is 0 Å². The van der Waals surface area contributed by atoms with E-state index in [9.17, 15) is 0 Å². The SMILES string of the molecule is CC(C)(C)c1cc(-c2ccc(Nc3cccc(-c4cc(C(C)(C)C)cc(C(C)(C)C)c4)c3)cc2)cc(C(C)(C)C)c1. The molecule has 1 nitrogen and oxygen atoms in total. The summed E-state index contributed by atoms with van der Waals surface area (Å²) in [7, 11) is 0. The molecule has 0 saturated carbocycles. The summed E-state index contributed by atoms with van der Waals surface area (Å²) in [5, 5.41) is 3.65. The van der Waals surface area contributed by atoms with Crippen molar-refractivity contribution in [1.29, 1.82) is 0 Å². The number of benzene rings is 4. The molecule has 1 heteroatoms. The van der Waals surface area contributed by atoms with Crippen LogP contribution in [0, 0.1) is 0 Å². The second kappa shape index (κ2) is 10.8. The van der Waals surface area contributed by atoms with Gasteiger partial charge in [0.25, 0.3) is 0 Å². The van der Waals surface area contributed by atoms with Crippen molar-refractivity contribution in [2.75, 3.05) is 5.32 Å². The number of rotatable bonds is 4. The molecule has 4 rings (SSSR count). The normalized spacial score (nSPS) is 12.9. The summed E-state index contributed by atoms with van der Waals surface area (Å²) in [5.41, 5.74) is 13.1. The molecule has 0 fully saturated rings. The lowest BCUT2D eigenvalue weighted by atomic mass is 9.79. The summed E-state index contributed by atoms with van der Waals surface area (Å²) in [5.74, 6) is 0. The van der Waals surface area contributed by atoms with Crippen molar-refractivity contribution in [3.8, 4) is 22.3 Å². The average Bonchev–Trinajstić information content (AvgIpc) is 2.87. The van der Waals surface area contributed by atoms with E-state index in [-0.39, 0.29) is 21.7 Å². The monoisotopic (exact) mass is 545 g/mol. The molecular weight excluding hydrogens is 494 g/mol. The summed E-state index contributed by atoms with van der Waals surface area (Å²) in [6, 6.07) is 31.9. The van der Waals surface area contributed by atoms with Gasteiger partial charge in [-0.3, -0.25) is 0 Å². The van der Waals surface area contributed by atoms with Crippen molar-refractivity contribution in [2.45, 2.75) is 105 Å². The zero-order valence-corrected chi connectivity index (χ0v) is 27.6. The third kappa shape index (κ3) is 7.50. The minimum Gasteiger partial charge on any atom is -0.356 e. The third-order valence-corrected chi connectivity index (χ3v) is 8.03. The average molecular weight is 546 g/mol. The molecule has 0 aromatic heterocycles. The van der Waals surface area contributed by atoms with E-state index >= 15 is 0 Å². The first-order valence-electron chi connectivity index (χ1n) is 15.1. The highest BCUT2D eigenvalue weighted by Gasteiger charge is 2.22. The lowest BCUT2D eigenvalue weighted by molar-refractivity contribution is 0.568.